The Balaban J connectivity index is 1.98. The molecular formula is C16H14BrFN2O. The Hall–Kier alpha value is -1.72. The van der Waals surface area contributed by atoms with E-state index in [9.17, 15) is 9.18 Å². The maximum absolute atomic E-state index is 13.2. The van der Waals surface area contributed by atoms with Gasteiger partial charge in [0.25, 0.3) is 0 Å². The Kier molecular flexibility index (Phi) is 3.55. The number of halogens is 2. The first-order valence-corrected chi connectivity index (χ1v) is 7.36. The van der Waals surface area contributed by atoms with Crippen LogP contribution in [0.2, 0.25) is 0 Å². The van der Waals surface area contributed by atoms with Gasteiger partial charge in [0.2, 0.25) is 5.91 Å². The lowest BCUT2D eigenvalue weighted by molar-refractivity contribution is -0.117. The molecule has 0 fully saturated rings. The van der Waals surface area contributed by atoms with Crippen molar-refractivity contribution in [2.45, 2.75) is 12.5 Å². The van der Waals surface area contributed by atoms with Crippen molar-refractivity contribution in [2.75, 3.05) is 11.9 Å². The second-order valence-electron chi connectivity index (χ2n) is 5.16. The summed E-state index contributed by atoms with van der Waals surface area (Å²) in [6.07, 6.45) is 0.400. The number of amides is 1. The zero-order valence-corrected chi connectivity index (χ0v) is 13.0. The van der Waals surface area contributed by atoms with Gasteiger partial charge in [-0.25, -0.2) is 4.39 Å². The van der Waals surface area contributed by atoms with Crippen LogP contribution in [-0.4, -0.2) is 13.0 Å². The SMILES string of the molecule is CN1C(=O)Cc2cc(C(N)c3ccc(F)cc3Br)ccc21. The maximum atomic E-state index is 13.2. The molecule has 1 aliphatic rings. The quantitative estimate of drug-likeness (QED) is 0.905. The van der Waals surface area contributed by atoms with E-state index in [-0.39, 0.29) is 17.8 Å². The maximum Gasteiger partial charge on any atom is 0.231 e. The summed E-state index contributed by atoms with van der Waals surface area (Å²) in [6.45, 7) is 0. The van der Waals surface area contributed by atoms with Crippen LogP contribution in [0, 0.1) is 5.82 Å². The van der Waals surface area contributed by atoms with Crippen molar-refractivity contribution in [3.63, 3.8) is 0 Å². The number of hydrogen-bond donors (Lipinski definition) is 1. The molecule has 1 amide bonds. The van der Waals surface area contributed by atoms with E-state index in [0.29, 0.717) is 10.9 Å². The predicted octanol–water partition coefficient (Wildman–Crippen LogP) is 3.16. The van der Waals surface area contributed by atoms with Crippen LogP contribution in [0.3, 0.4) is 0 Å². The molecule has 1 heterocycles. The van der Waals surface area contributed by atoms with Gasteiger partial charge in [-0.3, -0.25) is 4.79 Å². The second kappa shape index (κ2) is 5.24. The molecule has 0 saturated carbocycles. The lowest BCUT2D eigenvalue weighted by Crippen LogP contribution is -2.20. The van der Waals surface area contributed by atoms with Crippen LogP contribution >= 0.6 is 15.9 Å². The number of nitrogens with zero attached hydrogens (tertiary/aromatic N) is 1. The second-order valence-corrected chi connectivity index (χ2v) is 6.02. The van der Waals surface area contributed by atoms with Crippen molar-refractivity contribution in [3.8, 4) is 0 Å². The van der Waals surface area contributed by atoms with Gasteiger partial charge in [-0.05, 0) is 34.9 Å². The molecule has 21 heavy (non-hydrogen) atoms. The van der Waals surface area contributed by atoms with Gasteiger partial charge >= 0.3 is 0 Å². The fraction of sp³-hybridized carbons (Fsp3) is 0.188. The van der Waals surface area contributed by atoms with Crippen LogP contribution in [0.4, 0.5) is 10.1 Å². The first-order chi connectivity index (χ1) is 9.97. The molecule has 1 atom stereocenters. The van der Waals surface area contributed by atoms with E-state index in [1.807, 2.05) is 18.2 Å². The van der Waals surface area contributed by atoms with Crippen molar-refractivity contribution >= 4 is 27.5 Å². The molecule has 0 spiro atoms. The van der Waals surface area contributed by atoms with E-state index in [1.165, 1.54) is 12.1 Å². The van der Waals surface area contributed by atoms with Gasteiger partial charge in [-0.2, -0.15) is 0 Å². The summed E-state index contributed by atoms with van der Waals surface area (Å²) in [5.74, 6) is -0.224. The number of benzene rings is 2. The smallest absolute Gasteiger partial charge is 0.231 e. The molecule has 108 valence electrons. The number of rotatable bonds is 2. The van der Waals surface area contributed by atoms with E-state index < -0.39 is 0 Å². The third-order valence-corrected chi connectivity index (χ3v) is 4.52. The first kappa shape index (κ1) is 14.2. The fourth-order valence-electron chi connectivity index (χ4n) is 2.62. The van der Waals surface area contributed by atoms with Crippen molar-refractivity contribution in [1.29, 1.82) is 0 Å². The minimum Gasteiger partial charge on any atom is -0.320 e. The molecule has 3 nitrogen and oxygen atoms in total. The topological polar surface area (TPSA) is 46.3 Å². The number of likely N-dealkylation sites (N-methyl/N-ethyl adjacent to an activating group) is 1. The van der Waals surface area contributed by atoms with Crippen LogP contribution in [0.5, 0.6) is 0 Å². The number of anilines is 1. The van der Waals surface area contributed by atoms with Crippen LogP contribution < -0.4 is 10.6 Å². The normalized spacial score (nSPS) is 15.2. The van der Waals surface area contributed by atoms with Gasteiger partial charge in [0.05, 0.1) is 12.5 Å². The Morgan fingerprint density at radius 2 is 2.05 bits per heavy atom. The standard InChI is InChI=1S/C16H14BrFN2O/c1-20-14-5-2-9(6-10(14)7-15(20)21)16(19)12-4-3-11(18)8-13(12)17/h2-6,8,16H,7,19H2,1H3. The number of carbonyl (C=O) groups is 1. The summed E-state index contributed by atoms with van der Waals surface area (Å²) in [4.78, 5) is 13.4. The molecule has 0 aromatic heterocycles. The van der Waals surface area contributed by atoms with Crippen molar-refractivity contribution in [1.82, 2.24) is 0 Å². The highest BCUT2D eigenvalue weighted by Gasteiger charge is 2.25. The zero-order valence-electron chi connectivity index (χ0n) is 11.4. The lowest BCUT2D eigenvalue weighted by Gasteiger charge is -2.16. The van der Waals surface area contributed by atoms with Crippen molar-refractivity contribution in [2.24, 2.45) is 5.73 Å². The minimum atomic E-state index is -0.369. The molecular weight excluding hydrogens is 335 g/mol. The van der Waals surface area contributed by atoms with Gasteiger partial charge in [0, 0.05) is 17.2 Å². The highest BCUT2D eigenvalue weighted by molar-refractivity contribution is 9.10. The average Bonchev–Trinajstić information content (AvgIpc) is 2.73. The molecule has 0 saturated heterocycles. The third kappa shape index (κ3) is 2.47. The highest BCUT2D eigenvalue weighted by Crippen LogP contribution is 2.33. The van der Waals surface area contributed by atoms with Gasteiger partial charge in [0.15, 0.2) is 0 Å². The zero-order chi connectivity index (χ0) is 15.1. The summed E-state index contributed by atoms with van der Waals surface area (Å²) >= 11 is 3.34. The summed E-state index contributed by atoms with van der Waals surface area (Å²) < 4.78 is 13.8. The van der Waals surface area contributed by atoms with E-state index in [2.05, 4.69) is 15.9 Å². The van der Waals surface area contributed by atoms with E-state index in [0.717, 1.165) is 22.4 Å². The van der Waals surface area contributed by atoms with Crippen LogP contribution in [0.25, 0.3) is 0 Å². The van der Waals surface area contributed by atoms with E-state index >= 15 is 0 Å². The first-order valence-electron chi connectivity index (χ1n) is 6.57. The molecule has 0 aliphatic carbocycles. The van der Waals surface area contributed by atoms with Crippen LogP contribution in [0.15, 0.2) is 40.9 Å². The Labute approximate surface area is 130 Å². The molecule has 1 aliphatic heterocycles. The third-order valence-electron chi connectivity index (χ3n) is 3.84. The summed E-state index contributed by atoms with van der Waals surface area (Å²) in [5.41, 5.74) is 9.91. The van der Waals surface area contributed by atoms with Crippen molar-refractivity contribution < 1.29 is 9.18 Å². The number of fused-ring (bicyclic) bond motifs is 1. The fourth-order valence-corrected chi connectivity index (χ4v) is 3.21. The minimum absolute atomic E-state index is 0.0821. The summed E-state index contributed by atoms with van der Waals surface area (Å²) in [6, 6.07) is 9.88. The van der Waals surface area contributed by atoms with Crippen LogP contribution in [-0.2, 0) is 11.2 Å². The highest BCUT2D eigenvalue weighted by atomic mass is 79.9. The molecule has 1 unspecified atom stereocenters. The number of nitrogens with two attached hydrogens (primary N) is 1. The lowest BCUT2D eigenvalue weighted by atomic mass is 9.97. The van der Waals surface area contributed by atoms with Gasteiger partial charge in [-0.1, -0.05) is 34.1 Å². The average molecular weight is 349 g/mol. The largest absolute Gasteiger partial charge is 0.320 e. The van der Waals surface area contributed by atoms with Gasteiger partial charge in [0.1, 0.15) is 5.82 Å². The van der Waals surface area contributed by atoms with Gasteiger partial charge < -0.3 is 10.6 Å². The monoisotopic (exact) mass is 348 g/mol. The molecule has 2 aromatic rings. The molecule has 3 rings (SSSR count). The molecule has 2 aromatic carbocycles. The van der Waals surface area contributed by atoms with Crippen LogP contribution in [0.1, 0.15) is 22.7 Å². The molecule has 0 bridgehead atoms. The van der Waals surface area contributed by atoms with E-state index in [1.54, 1.807) is 18.0 Å². The number of hydrogen-bond acceptors (Lipinski definition) is 2. The molecule has 2 N–H and O–H groups in total. The Bertz CT molecular complexity index is 732. The Morgan fingerprint density at radius 1 is 1.29 bits per heavy atom. The predicted molar refractivity (Wildman–Crippen MR) is 83.7 cm³/mol. The molecule has 5 heteroatoms. The Morgan fingerprint density at radius 3 is 2.76 bits per heavy atom. The van der Waals surface area contributed by atoms with Gasteiger partial charge in [-0.15, -0.1) is 0 Å². The van der Waals surface area contributed by atoms with Crippen molar-refractivity contribution in [3.05, 3.63) is 63.4 Å². The van der Waals surface area contributed by atoms with E-state index in [4.69, 9.17) is 5.73 Å². The molecule has 0 radical (unpaired) electrons. The number of carbonyl (C=O) groups excluding carboxylic acids is 1. The summed E-state index contributed by atoms with van der Waals surface area (Å²) in [5, 5.41) is 0. The summed E-state index contributed by atoms with van der Waals surface area (Å²) in [7, 11) is 1.77.